The van der Waals surface area contributed by atoms with Gasteiger partial charge in [-0.05, 0) is 44.0 Å². The zero-order valence-electron chi connectivity index (χ0n) is 13.9. The van der Waals surface area contributed by atoms with E-state index in [1.54, 1.807) is 6.08 Å². The van der Waals surface area contributed by atoms with E-state index in [4.69, 9.17) is 0 Å². The molecule has 118 valence electrons. The highest BCUT2D eigenvalue weighted by molar-refractivity contribution is 6.02. The van der Waals surface area contributed by atoms with E-state index in [0.29, 0.717) is 0 Å². The Morgan fingerprint density at radius 3 is 2.48 bits per heavy atom. The first-order chi connectivity index (χ1) is 10.9. The number of hydrogen-bond acceptors (Lipinski definition) is 2. The maximum Gasteiger partial charge on any atom is 0.262 e. The van der Waals surface area contributed by atoms with Gasteiger partial charge in [-0.3, -0.25) is 4.79 Å². The standard InChI is InChI=1S/C19H21N3O/c1-13-10-17(15(3)22(13)4)11-18(12-20)19(23)21-14(2)16-8-6-5-7-9-16/h5-11,14H,1-4H3,(H,21,23)/b18-11-/t14-/m0/s1. The van der Waals surface area contributed by atoms with Crippen LogP contribution in [0.15, 0.2) is 42.0 Å². The lowest BCUT2D eigenvalue weighted by molar-refractivity contribution is -0.117. The Bertz CT molecular complexity index is 779. The molecule has 1 aromatic heterocycles. The Kier molecular flexibility index (Phi) is 5.02. The third kappa shape index (κ3) is 3.70. The van der Waals surface area contributed by atoms with Crippen LogP contribution >= 0.6 is 0 Å². The van der Waals surface area contributed by atoms with Crippen molar-refractivity contribution in [2.75, 3.05) is 0 Å². The highest BCUT2D eigenvalue weighted by Crippen LogP contribution is 2.18. The second-order valence-electron chi connectivity index (χ2n) is 5.66. The van der Waals surface area contributed by atoms with Crippen LogP contribution in [0.4, 0.5) is 0 Å². The van der Waals surface area contributed by atoms with E-state index in [-0.39, 0.29) is 17.5 Å². The van der Waals surface area contributed by atoms with E-state index >= 15 is 0 Å². The molecule has 1 atom stereocenters. The summed E-state index contributed by atoms with van der Waals surface area (Å²) in [6, 6.07) is 13.5. The fourth-order valence-electron chi connectivity index (χ4n) is 2.43. The summed E-state index contributed by atoms with van der Waals surface area (Å²) in [6.07, 6.45) is 1.65. The molecule has 0 fully saturated rings. The molecule has 0 spiro atoms. The molecule has 0 unspecified atom stereocenters. The van der Waals surface area contributed by atoms with Gasteiger partial charge in [0.15, 0.2) is 0 Å². The predicted molar refractivity (Wildman–Crippen MR) is 91.5 cm³/mol. The van der Waals surface area contributed by atoms with Crippen LogP contribution in [-0.2, 0) is 11.8 Å². The number of nitriles is 1. The minimum absolute atomic E-state index is 0.112. The summed E-state index contributed by atoms with van der Waals surface area (Å²) < 4.78 is 2.03. The third-order valence-corrected chi connectivity index (χ3v) is 4.13. The minimum atomic E-state index is -0.357. The fraction of sp³-hybridized carbons (Fsp3) is 0.263. The molecular weight excluding hydrogens is 286 g/mol. The Balaban J connectivity index is 2.20. The van der Waals surface area contributed by atoms with E-state index in [0.717, 1.165) is 22.5 Å². The van der Waals surface area contributed by atoms with Crippen molar-refractivity contribution in [3.63, 3.8) is 0 Å². The fourth-order valence-corrected chi connectivity index (χ4v) is 2.43. The normalized spacial score (nSPS) is 12.6. The first kappa shape index (κ1) is 16.6. The van der Waals surface area contributed by atoms with Gasteiger partial charge < -0.3 is 9.88 Å². The van der Waals surface area contributed by atoms with Gasteiger partial charge in [0.05, 0.1) is 6.04 Å². The quantitative estimate of drug-likeness (QED) is 0.695. The molecule has 0 aliphatic heterocycles. The van der Waals surface area contributed by atoms with Crippen molar-refractivity contribution in [2.24, 2.45) is 7.05 Å². The van der Waals surface area contributed by atoms with Gasteiger partial charge >= 0.3 is 0 Å². The molecule has 1 aromatic carbocycles. The number of nitrogens with zero attached hydrogens (tertiary/aromatic N) is 2. The number of carbonyl (C=O) groups excluding carboxylic acids is 1. The molecule has 1 amide bonds. The molecule has 4 heteroatoms. The van der Waals surface area contributed by atoms with Crippen LogP contribution in [-0.4, -0.2) is 10.5 Å². The lowest BCUT2D eigenvalue weighted by atomic mass is 10.1. The lowest BCUT2D eigenvalue weighted by Crippen LogP contribution is -2.27. The highest BCUT2D eigenvalue weighted by Gasteiger charge is 2.15. The molecule has 2 rings (SSSR count). The van der Waals surface area contributed by atoms with E-state index < -0.39 is 0 Å². The predicted octanol–water partition coefficient (Wildman–Crippen LogP) is 3.43. The van der Waals surface area contributed by atoms with Crippen molar-refractivity contribution < 1.29 is 4.79 Å². The monoisotopic (exact) mass is 307 g/mol. The van der Waals surface area contributed by atoms with Crippen LogP contribution in [0.25, 0.3) is 6.08 Å². The Morgan fingerprint density at radius 2 is 1.96 bits per heavy atom. The number of aromatic nitrogens is 1. The molecule has 2 aromatic rings. The lowest BCUT2D eigenvalue weighted by Gasteiger charge is -2.13. The molecule has 0 radical (unpaired) electrons. The van der Waals surface area contributed by atoms with Gasteiger partial charge in [0.2, 0.25) is 0 Å². The largest absolute Gasteiger partial charge is 0.352 e. The first-order valence-electron chi connectivity index (χ1n) is 7.54. The van der Waals surface area contributed by atoms with E-state index in [1.165, 1.54) is 0 Å². The average Bonchev–Trinajstić information content (AvgIpc) is 2.80. The van der Waals surface area contributed by atoms with Gasteiger partial charge in [-0.2, -0.15) is 5.26 Å². The number of hydrogen-bond donors (Lipinski definition) is 1. The maximum absolute atomic E-state index is 12.4. The Labute approximate surface area is 137 Å². The molecule has 0 saturated carbocycles. The summed E-state index contributed by atoms with van der Waals surface area (Å²) >= 11 is 0. The summed E-state index contributed by atoms with van der Waals surface area (Å²) in [5, 5.41) is 12.2. The Morgan fingerprint density at radius 1 is 1.30 bits per heavy atom. The number of benzene rings is 1. The van der Waals surface area contributed by atoms with Crippen molar-refractivity contribution in [2.45, 2.75) is 26.8 Å². The SMILES string of the molecule is Cc1cc(/C=C(/C#N)C(=O)N[C@@H](C)c2ccccc2)c(C)n1C. The molecule has 1 N–H and O–H groups in total. The topological polar surface area (TPSA) is 57.8 Å². The molecule has 23 heavy (non-hydrogen) atoms. The van der Waals surface area contributed by atoms with Gasteiger partial charge in [-0.25, -0.2) is 0 Å². The zero-order valence-corrected chi connectivity index (χ0v) is 13.9. The van der Waals surface area contributed by atoms with E-state index in [1.807, 2.05) is 74.9 Å². The van der Waals surface area contributed by atoms with Crippen molar-refractivity contribution >= 4 is 12.0 Å². The number of amides is 1. The molecule has 0 bridgehead atoms. The van der Waals surface area contributed by atoms with Crippen molar-refractivity contribution in [1.29, 1.82) is 5.26 Å². The molecule has 4 nitrogen and oxygen atoms in total. The van der Waals surface area contributed by atoms with Gasteiger partial charge in [-0.15, -0.1) is 0 Å². The number of nitrogens with one attached hydrogen (secondary N) is 1. The first-order valence-corrected chi connectivity index (χ1v) is 7.54. The van der Waals surface area contributed by atoms with Crippen molar-refractivity contribution in [3.05, 3.63) is 64.5 Å². The van der Waals surface area contributed by atoms with E-state index in [9.17, 15) is 10.1 Å². The molecular formula is C19H21N3O. The van der Waals surface area contributed by atoms with Gasteiger partial charge in [0.25, 0.3) is 5.91 Å². The number of aryl methyl sites for hydroxylation is 1. The van der Waals surface area contributed by atoms with Crippen molar-refractivity contribution in [1.82, 2.24) is 9.88 Å². The van der Waals surface area contributed by atoms with Crippen LogP contribution < -0.4 is 5.32 Å². The van der Waals surface area contributed by atoms with Gasteiger partial charge in [0, 0.05) is 18.4 Å². The highest BCUT2D eigenvalue weighted by atomic mass is 16.1. The zero-order chi connectivity index (χ0) is 17.0. The molecule has 0 saturated heterocycles. The van der Waals surface area contributed by atoms with Crippen LogP contribution in [0, 0.1) is 25.2 Å². The van der Waals surface area contributed by atoms with Gasteiger partial charge in [-0.1, -0.05) is 30.3 Å². The summed E-state index contributed by atoms with van der Waals surface area (Å²) in [7, 11) is 1.96. The average molecular weight is 307 g/mol. The number of carbonyl (C=O) groups is 1. The summed E-state index contributed by atoms with van der Waals surface area (Å²) in [5.74, 6) is -0.357. The molecule has 0 aliphatic carbocycles. The van der Waals surface area contributed by atoms with Crippen LogP contribution in [0.1, 0.15) is 35.5 Å². The molecule has 0 aliphatic rings. The minimum Gasteiger partial charge on any atom is -0.352 e. The van der Waals surface area contributed by atoms with Crippen LogP contribution in [0.3, 0.4) is 0 Å². The summed E-state index contributed by atoms with van der Waals surface area (Å²) in [6.45, 7) is 5.87. The maximum atomic E-state index is 12.4. The van der Waals surface area contributed by atoms with Crippen molar-refractivity contribution in [3.8, 4) is 6.07 Å². The number of rotatable bonds is 4. The Hall–Kier alpha value is -2.80. The summed E-state index contributed by atoms with van der Waals surface area (Å²) in [4.78, 5) is 12.4. The smallest absolute Gasteiger partial charge is 0.262 e. The van der Waals surface area contributed by atoms with E-state index in [2.05, 4.69) is 5.32 Å². The summed E-state index contributed by atoms with van der Waals surface area (Å²) in [5.41, 5.74) is 4.12. The van der Waals surface area contributed by atoms with Gasteiger partial charge in [0.1, 0.15) is 11.6 Å². The second kappa shape index (κ2) is 6.97. The van der Waals surface area contributed by atoms with Crippen LogP contribution in [0.5, 0.6) is 0 Å². The third-order valence-electron chi connectivity index (χ3n) is 4.13. The second-order valence-corrected chi connectivity index (χ2v) is 5.66. The van der Waals surface area contributed by atoms with Crippen LogP contribution in [0.2, 0.25) is 0 Å². The molecule has 1 heterocycles.